The SMILES string of the molecule is COc1ncc(-c2cccc3cc([C@H](C)Nc4ccnc5scnc45)n(-c4ccccc4)c(=O)c23)cn1. The monoisotopic (exact) mass is 506 g/mol. The summed E-state index contributed by atoms with van der Waals surface area (Å²) in [5.41, 5.74) is 6.47. The summed E-state index contributed by atoms with van der Waals surface area (Å²) < 4.78 is 6.87. The lowest BCUT2D eigenvalue weighted by Gasteiger charge is -2.22. The zero-order chi connectivity index (χ0) is 25.4. The van der Waals surface area contributed by atoms with Crippen molar-refractivity contribution in [3.63, 3.8) is 0 Å². The van der Waals surface area contributed by atoms with Crippen molar-refractivity contribution in [2.45, 2.75) is 13.0 Å². The van der Waals surface area contributed by atoms with Crippen LogP contribution in [0.25, 0.3) is 37.9 Å². The number of fused-ring (bicyclic) bond motifs is 2. The number of hydrogen-bond acceptors (Lipinski definition) is 8. The van der Waals surface area contributed by atoms with Gasteiger partial charge >= 0.3 is 6.01 Å². The van der Waals surface area contributed by atoms with Crippen LogP contribution >= 0.6 is 11.3 Å². The third-order valence-corrected chi connectivity index (χ3v) is 7.00. The van der Waals surface area contributed by atoms with Crippen molar-refractivity contribution < 1.29 is 4.74 Å². The van der Waals surface area contributed by atoms with Gasteiger partial charge in [-0.2, -0.15) is 0 Å². The first-order valence-corrected chi connectivity index (χ1v) is 12.6. The van der Waals surface area contributed by atoms with Crippen LogP contribution in [0, 0.1) is 0 Å². The molecule has 0 unspecified atom stereocenters. The van der Waals surface area contributed by atoms with Crippen LogP contribution in [0.4, 0.5) is 5.69 Å². The van der Waals surface area contributed by atoms with Gasteiger partial charge in [-0.3, -0.25) is 9.36 Å². The highest BCUT2D eigenvalue weighted by Gasteiger charge is 2.20. The van der Waals surface area contributed by atoms with E-state index in [9.17, 15) is 4.79 Å². The van der Waals surface area contributed by atoms with Gasteiger partial charge < -0.3 is 10.1 Å². The van der Waals surface area contributed by atoms with Gasteiger partial charge in [0, 0.05) is 35.5 Å². The Morgan fingerprint density at radius 2 is 1.78 bits per heavy atom. The van der Waals surface area contributed by atoms with E-state index >= 15 is 0 Å². The largest absolute Gasteiger partial charge is 0.467 e. The zero-order valence-corrected chi connectivity index (χ0v) is 20.9. The maximum Gasteiger partial charge on any atom is 0.316 e. The van der Waals surface area contributed by atoms with E-state index in [4.69, 9.17) is 4.74 Å². The first-order chi connectivity index (χ1) is 18.1. The van der Waals surface area contributed by atoms with Gasteiger partial charge in [-0.15, -0.1) is 11.3 Å². The molecule has 37 heavy (non-hydrogen) atoms. The molecule has 1 N–H and O–H groups in total. The summed E-state index contributed by atoms with van der Waals surface area (Å²) in [6.07, 6.45) is 5.12. The Hall–Kier alpha value is -4.63. The van der Waals surface area contributed by atoms with Crippen molar-refractivity contribution >= 4 is 38.1 Å². The molecule has 8 nitrogen and oxygen atoms in total. The van der Waals surface area contributed by atoms with Crippen LogP contribution < -0.4 is 15.6 Å². The van der Waals surface area contributed by atoms with Gasteiger partial charge in [-0.25, -0.2) is 19.9 Å². The predicted octanol–water partition coefficient (Wildman–Crippen LogP) is 5.63. The van der Waals surface area contributed by atoms with Crippen molar-refractivity contribution in [2.75, 3.05) is 12.4 Å². The molecular formula is C28H22N6O2S. The van der Waals surface area contributed by atoms with Gasteiger partial charge in [0.1, 0.15) is 10.3 Å². The van der Waals surface area contributed by atoms with Crippen molar-refractivity contribution in [2.24, 2.45) is 0 Å². The molecule has 0 saturated heterocycles. The Labute approximate surface area is 216 Å². The molecule has 0 amide bonds. The average molecular weight is 507 g/mol. The normalized spacial score (nSPS) is 12.1. The second-order valence-corrected chi connectivity index (χ2v) is 9.34. The summed E-state index contributed by atoms with van der Waals surface area (Å²) in [6, 6.07) is 19.5. The second-order valence-electron chi connectivity index (χ2n) is 8.50. The number of pyridine rings is 2. The Balaban J connectivity index is 1.55. The quantitative estimate of drug-likeness (QED) is 0.313. The summed E-state index contributed by atoms with van der Waals surface area (Å²) >= 11 is 1.49. The van der Waals surface area contributed by atoms with E-state index < -0.39 is 0 Å². The lowest BCUT2D eigenvalue weighted by Crippen LogP contribution is -2.26. The van der Waals surface area contributed by atoms with Crippen LogP contribution in [0.15, 0.2) is 89.6 Å². The molecule has 4 heterocycles. The van der Waals surface area contributed by atoms with Gasteiger partial charge in [0.15, 0.2) is 0 Å². The number of rotatable bonds is 6. The minimum absolute atomic E-state index is 0.118. The number of nitrogens with one attached hydrogen (secondary N) is 1. The number of methoxy groups -OCH3 is 1. The van der Waals surface area contributed by atoms with Crippen LogP contribution in [0.1, 0.15) is 18.7 Å². The smallest absolute Gasteiger partial charge is 0.316 e. The summed E-state index contributed by atoms with van der Waals surface area (Å²) in [5.74, 6) is 0. The highest BCUT2D eigenvalue weighted by Crippen LogP contribution is 2.31. The molecule has 2 aromatic carbocycles. The molecule has 0 spiro atoms. The number of para-hydroxylation sites is 1. The average Bonchev–Trinajstić information content (AvgIpc) is 3.43. The number of benzene rings is 2. The van der Waals surface area contributed by atoms with Crippen LogP contribution in [-0.4, -0.2) is 31.6 Å². The molecule has 6 rings (SSSR count). The maximum absolute atomic E-state index is 14.2. The van der Waals surface area contributed by atoms with E-state index in [0.29, 0.717) is 5.39 Å². The van der Waals surface area contributed by atoms with Crippen LogP contribution in [0.3, 0.4) is 0 Å². The van der Waals surface area contributed by atoms with Crippen molar-refractivity contribution in [1.29, 1.82) is 0 Å². The van der Waals surface area contributed by atoms with E-state index in [1.54, 1.807) is 28.7 Å². The summed E-state index contributed by atoms with van der Waals surface area (Å²) in [7, 11) is 1.52. The number of thiazole rings is 1. The number of aromatic nitrogens is 5. The number of ether oxygens (including phenoxy) is 1. The Morgan fingerprint density at radius 3 is 2.57 bits per heavy atom. The highest BCUT2D eigenvalue weighted by atomic mass is 32.1. The standard InChI is InChI=1S/C28H22N6O2S/c1-17(33-22-11-12-29-26-25(22)32-16-37-26)23-13-18-7-6-10-21(19-14-30-28(36-2)31-15-19)24(18)27(35)34(23)20-8-4-3-5-9-20/h3-17H,1-2H3,(H,29,33)/t17-/m0/s1. The fourth-order valence-electron chi connectivity index (χ4n) is 4.54. The van der Waals surface area contributed by atoms with Crippen LogP contribution in [0.5, 0.6) is 6.01 Å². The topological polar surface area (TPSA) is 94.8 Å². The molecule has 4 aromatic heterocycles. The molecule has 6 aromatic rings. The summed E-state index contributed by atoms with van der Waals surface area (Å²) in [6.45, 7) is 2.04. The van der Waals surface area contributed by atoms with Crippen molar-refractivity contribution in [3.05, 3.63) is 101 Å². The third-order valence-electron chi connectivity index (χ3n) is 6.26. The van der Waals surface area contributed by atoms with Crippen molar-refractivity contribution in [3.8, 4) is 22.8 Å². The molecule has 0 bridgehead atoms. The lowest BCUT2D eigenvalue weighted by atomic mass is 9.99. The molecule has 9 heteroatoms. The number of hydrogen-bond donors (Lipinski definition) is 1. The lowest BCUT2D eigenvalue weighted by molar-refractivity contribution is 0.380. The molecule has 0 aliphatic carbocycles. The van der Waals surface area contributed by atoms with Gasteiger partial charge in [0.25, 0.3) is 5.56 Å². The van der Waals surface area contributed by atoms with E-state index in [-0.39, 0.29) is 17.6 Å². The zero-order valence-electron chi connectivity index (χ0n) is 20.1. The molecule has 1 atom stereocenters. The fourth-order valence-corrected chi connectivity index (χ4v) is 5.20. The Morgan fingerprint density at radius 1 is 0.973 bits per heavy atom. The molecular weight excluding hydrogens is 484 g/mol. The first kappa shape index (κ1) is 22.8. The second kappa shape index (κ2) is 9.44. The van der Waals surface area contributed by atoms with E-state index in [1.807, 2.05) is 61.5 Å². The van der Waals surface area contributed by atoms with Gasteiger partial charge in [0.2, 0.25) is 0 Å². The maximum atomic E-state index is 14.2. The van der Waals surface area contributed by atoms with E-state index in [2.05, 4.69) is 31.3 Å². The minimum atomic E-state index is -0.211. The first-order valence-electron chi connectivity index (χ1n) is 11.7. The Bertz CT molecular complexity index is 1780. The minimum Gasteiger partial charge on any atom is -0.467 e. The number of anilines is 1. The van der Waals surface area contributed by atoms with Gasteiger partial charge in [-0.1, -0.05) is 36.4 Å². The molecule has 0 fully saturated rings. The molecule has 0 saturated carbocycles. The van der Waals surface area contributed by atoms with Gasteiger partial charge in [-0.05, 0) is 42.1 Å². The van der Waals surface area contributed by atoms with Crippen LogP contribution in [0.2, 0.25) is 0 Å². The molecule has 182 valence electrons. The molecule has 0 aliphatic rings. The summed E-state index contributed by atoms with van der Waals surface area (Å²) in [4.78, 5) is 32.5. The highest BCUT2D eigenvalue weighted by molar-refractivity contribution is 7.16. The van der Waals surface area contributed by atoms with Crippen molar-refractivity contribution in [1.82, 2.24) is 24.5 Å². The molecule has 0 aliphatic heterocycles. The number of nitrogens with zero attached hydrogens (tertiary/aromatic N) is 5. The van der Waals surface area contributed by atoms with Gasteiger partial charge in [0.05, 0.1) is 29.7 Å². The predicted molar refractivity (Wildman–Crippen MR) is 147 cm³/mol. The summed E-state index contributed by atoms with van der Waals surface area (Å²) in [5, 5.41) is 4.99. The van der Waals surface area contributed by atoms with Crippen LogP contribution in [-0.2, 0) is 0 Å². The fraction of sp³-hybridized carbons (Fsp3) is 0.107. The Kier molecular flexibility index (Phi) is 5.82. The molecule has 0 radical (unpaired) electrons. The third kappa shape index (κ3) is 4.09. The van der Waals surface area contributed by atoms with E-state index in [1.165, 1.54) is 18.4 Å². The van der Waals surface area contributed by atoms with E-state index in [0.717, 1.165) is 43.9 Å².